The molecule has 2 amide bonds. The van der Waals surface area contributed by atoms with E-state index >= 15 is 0 Å². The van der Waals surface area contributed by atoms with Gasteiger partial charge in [-0.3, -0.25) is 4.90 Å². The third-order valence-corrected chi connectivity index (χ3v) is 4.93. The zero-order valence-electron chi connectivity index (χ0n) is 12.4. The summed E-state index contributed by atoms with van der Waals surface area (Å²) in [6.07, 6.45) is 0. The second-order valence-corrected chi connectivity index (χ2v) is 6.54. The van der Waals surface area contributed by atoms with Crippen molar-refractivity contribution in [2.75, 3.05) is 44.7 Å². The molecule has 0 spiro atoms. The summed E-state index contributed by atoms with van der Waals surface area (Å²) in [5.41, 5.74) is 1.43. The zero-order valence-corrected chi connectivity index (χ0v) is 14.0. The lowest BCUT2D eigenvalue weighted by Gasteiger charge is -2.43. The molecule has 2 aliphatic heterocycles. The maximum absolute atomic E-state index is 12.4. The van der Waals surface area contributed by atoms with Crippen LogP contribution in [0.15, 0.2) is 12.1 Å². The van der Waals surface area contributed by atoms with Gasteiger partial charge < -0.3 is 15.0 Å². The Morgan fingerprint density at radius 1 is 1.27 bits per heavy atom. The molecule has 1 aromatic carbocycles. The number of carbonyl (C=O) groups excluding carboxylic acids is 1. The van der Waals surface area contributed by atoms with Crippen molar-refractivity contribution in [1.29, 1.82) is 0 Å². The van der Waals surface area contributed by atoms with Gasteiger partial charge in [-0.25, -0.2) is 4.79 Å². The molecular weight excluding hydrogens is 325 g/mol. The van der Waals surface area contributed by atoms with E-state index in [1.807, 2.05) is 6.92 Å². The summed E-state index contributed by atoms with van der Waals surface area (Å²) in [4.78, 5) is 16.6. The molecule has 2 fully saturated rings. The Bertz CT molecular complexity index is 582. The molecule has 3 rings (SSSR count). The van der Waals surface area contributed by atoms with Crippen molar-refractivity contribution in [3.8, 4) is 0 Å². The Hall–Kier alpha value is -1.01. The number of morpholine rings is 1. The van der Waals surface area contributed by atoms with Gasteiger partial charge in [-0.05, 0) is 24.6 Å². The average molecular weight is 344 g/mol. The number of benzene rings is 1. The van der Waals surface area contributed by atoms with E-state index in [4.69, 9.17) is 27.9 Å². The molecule has 2 saturated heterocycles. The Labute approximate surface area is 140 Å². The Morgan fingerprint density at radius 2 is 2.09 bits per heavy atom. The van der Waals surface area contributed by atoms with Crippen molar-refractivity contribution in [2.45, 2.75) is 13.0 Å². The summed E-state index contributed by atoms with van der Waals surface area (Å²) in [6.45, 7) is 6.54. The number of hydrogen-bond donors (Lipinski definition) is 1. The van der Waals surface area contributed by atoms with Crippen LogP contribution in [0.3, 0.4) is 0 Å². The normalized spacial score (nSPS) is 22.3. The molecule has 2 heterocycles. The second-order valence-electron chi connectivity index (χ2n) is 5.72. The predicted molar refractivity (Wildman–Crippen MR) is 88.0 cm³/mol. The monoisotopic (exact) mass is 343 g/mol. The molecule has 120 valence electrons. The van der Waals surface area contributed by atoms with Crippen LogP contribution in [-0.4, -0.2) is 61.3 Å². The van der Waals surface area contributed by atoms with E-state index in [0.29, 0.717) is 35.4 Å². The quantitative estimate of drug-likeness (QED) is 0.852. The van der Waals surface area contributed by atoms with Crippen LogP contribution in [0.4, 0.5) is 10.5 Å². The lowest BCUT2D eigenvalue weighted by Crippen LogP contribution is -2.59. The molecule has 0 radical (unpaired) electrons. The lowest BCUT2D eigenvalue weighted by atomic mass is 10.1. The average Bonchev–Trinajstić information content (AvgIpc) is 2.52. The summed E-state index contributed by atoms with van der Waals surface area (Å²) in [6, 6.07) is 3.58. The maximum Gasteiger partial charge on any atom is 0.321 e. The number of carbonyl (C=O) groups is 1. The van der Waals surface area contributed by atoms with Gasteiger partial charge >= 0.3 is 6.03 Å². The Morgan fingerprint density at radius 3 is 2.91 bits per heavy atom. The van der Waals surface area contributed by atoms with Gasteiger partial charge in [0.2, 0.25) is 0 Å². The summed E-state index contributed by atoms with van der Waals surface area (Å²) >= 11 is 12.3. The van der Waals surface area contributed by atoms with Crippen LogP contribution < -0.4 is 5.32 Å². The van der Waals surface area contributed by atoms with E-state index in [9.17, 15) is 4.79 Å². The van der Waals surface area contributed by atoms with Crippen molar-refractivity contribution in [3.05, 3.63) is 27.7 Å². The predicted octanol–water partition coefficient (Wildman–Crippen LogP) is 2.85. The third kappa shape index (κ3) is 3.33. The van der Waals surface area contributed by atoms with Gasteiger partial charge in [-0.2, -0.15) is 0 Å². The zero-order chi connectivity index (χ0) is 15.7. The van der Waals surface area contributed by atoms with Crippen molar-refractivity contribution in [1.82, 2.24) is 9.80 Å². The standard InChI is InChI=1S/C15H19Cl2N3O2/c1-10-6-13(17)14(7-12(10)16)18-15(21)20-3-2-19-4-5-22-9-11(19)8-20/h6-7,11H,2-5,8-9H2,1H3,(H,18,21)/t11-/m1/s1. The minimum Gasteiger partial charge on any atom is -0.378 e. The van der Waals surface area contributed by atoms with Crippen molar-refractivity contribution in [2.24, 2.45) is 0 Å². The summed E-state index contributed by atoms with van der Waals surface area (Å²) in [5, 5.41) is 3.94. The molecule has 5 nitrogen and oxygen atoms in total. The van der Waals surface area contributed by atoms with Crippen molar-refractivity contribution < 1.29 is 9.53 Å². The number of aryl methyl sites for hydroxylation is 1. The fourth-order valence-electron chi connectivity index (χ4n) is 2.87. The largest absolute Gasteiger partial charge is 0.378 e. The molecule has 2 aliphatic rings. The van der Waals surface area contributed by atoms with Crippen molar-refractivity contribution in [3.63, 3.8) is 0 Å². The highest BCUT2D eigenvalue weighted by Gasteiger charge is 2.31. The van der Waals surface area contributed by atoms with E-state index in [0.717, 1.165) is 25.3 Å². The Kier molecular flexibility index (Phi) is 4.78. The molecule has 22 heavy (non-hydrogen) atoms. The minimum absolute atomic E-state index is 0.146. The van der Waals surface area contributed by atoms with Crippen LogP contribution in [0.25, 0.3) is 0 Å². The van der Waals surface area contributed by atoms with Gasteiger partial charge in [-0.1, -0.05) is 23.2 Å². The SMILES string of the molecule is Cc1cc(Cl)c(NC(=O)N2CCN3CCOC[C@H]3C2)cc1Cl. The molecular formula is C15H19Cl2N3O2. The van der Waals surface area contributed by atoms with Crippen molar-refractivity contribution >= 4 is 34.9 Å². The molecule has 7 heteroatoms. The van der Waals surface area contributed by atoms with Gasteiger partial charge in [-0.15, -0.1) is 0 Å². The van der Waals surface area contributed by atoms with E-state index in [1.54, 1.807) is 17.0 Å². The van der Waals surface area contributed by atoms with Crippen LogP contribution in [0, 0.1) is 6.92 Å². The molecule has 1 N–H and O–H groups in total. The fourth-order valence-corrected chi connectivity index (χ4v) is 3.30. The van der Waals surface area contributed by atoms with Gasteiger partial charge in [0.1, 0.15) is 0 Å². The van der Waals surface area contributed by atoms with Crippen LogP contribution in [0.5, 0.6) is 0 Å². The number of piperazine rings is 1. The van der Waals surface area contributed by atoms with Gasteiger partial charge in [0, 0.05) is 31.2 Å². The van der Waals surface area contributed by atoms with E-state index in [-0.39, 0.29) is 12.1 Å². The number of ether oxygens (including phenoxy) is 1. The minimum atomic E-state index is -0.146. The molecule has 0 bridgehead atoms. The number of amides is 2. The summed E-state index contributed by atoms with van der Waals surface area (Å²) in [5.74, 6) is 0. The smallest absolute Gasteiger partial charge is 0.321 e. The third-order valence-electron chi connectivity index (χ3n) is 4.21. The molecule has 1 atom stereocenters. The van der Waals surface area contributed by atoms with Crippen LogP contribution in [0.2, 0.25) is 10.0 Å². The molecule has 0 unspecified atom stereocenters. The van der Waals surface area contributed by atoms with E-state index < -0.39 is 0 Å². The fraction of sp³-hybridized carbons (Fsp3) is 0.533. The molecule has 0 saturated carbocycles. The first-order chi connectivity index (χ1) is 10.5. The number of hydrogen-bond acceptors (Lipinski definition) is 3. The van der Waals surface area contributed by atoms with Gasteiger partial charge in [0.05, 0.1) is 30.0 Å². The summed E-state index contributed by atoms with van der Waals surface area (Å²) in [7, 11) is 0. The molecule has 0 aromatic heterocycles. The highest BCUT2D eigenvalue weighted by Crippen LogP contribution is 2.29. The highest BCUT2D eigenvalue weighted by molar-refractivity contribution is 6.36. The number of fused-ring (bicyclic) bond motifs is 1. The maximum atomic E-state index is 12.4. The number of nitrogens with one attached hydrogen (secondary N) is 1. The number of halogens is 2. The number of nitrogens with zero attached hydrogens (tertiary/aromatic N) is 2. The number of anilines is 1. The van der Waals surface area contributed by atoms with Crippen LogP contribution >= 0.6 is 23.2 Å². The second kappa shape index (κ2) is 6.62. The first-order valence-corrected chi connectivity index (χ1v) is 8.13. The number of urea groups is 1. The van der Waals surface area contributed by atoms with Gasteiger partial charge in [0.15, 0.2) is 0 Å². The van der Waals surface area contributed by atoms with E-state index in [1.165, 1.54) is 0 Å². The van der Waals surface area contributed by atoms with Crippen LogP contribution in [0.1, 0.15) is 5.56 Å². The lowest BCUT2D eigenvalue weighted by molar-refractivity contribution is -0.0355. The Balaban J connectivity index is 1.66. The van der Waals surface area contributed by atoms with Gasteiger partial charge in [0.25, 0.3) is 0 Å². The molecule has 0 aliphatic carbocycles. The van der Waals surface area contributed by atoms with E-state index in [2.05, 4.69) is 10.2 Å². The first-order valence-electron chi connectivity index (χ1n) is 7.38. The summed E-state index contributed by atoms with van der Waals surface area (Å²) < 4.78 is 5.49. The highest BCUT2D eigenvalue weighted by atomic mass is 35.5. The van der Waals surface area contributed by atoms with Crippen LogP contribution in [-0.2, 0) is 4.74 Å². The topological polar surface area (TPSA) is 44.8 Å². The first kappa shape index (κ1) is 15.9. The number of rotatable bonds is 1. The molecule has 1 aromatic rings.